The lowest BCUT2D eigenvalue weighted by molar-refractivity contribution is -0.148. The first kappa shape index (κ1) is 14.3. The summed E-state index contributed by atoms with van der Waals surface area (Å²) in [5.74, 6) is -1.12. The minimum absolute atomic E-state index is 0.123. The molecule has 0 aromatic rings. The van der Waals surface area contributed by atoms with Crippen LogP contribution in [-0.4, -0.2) is 36.7 Å². The molecule has 2 N–H and O–H groups in total. The molecule has 2 saturated carbocycles. The Morgan fingerprint density at radius 1 is 1.11 bits per heavy atom. The minimum atomic E-state index is -0.843. The maximum absolute atomic E-state index is 12.0. The normalized spacial score (nSPS) is 26.9. The summed E-state index contributed by atoms with van der Waals surface area (Å²) in [6, 6.07) is 0. The minimum Gasteiger partial charge on any atom is -0.481 e. The Morgan fingerprint density at radius 2 is 1.79 bits per heavy atom. The smallest absolute Gasteiger partial charge is 0.307 e. The van der Waals surface area contributed by atoms with Gasteiger partial charge in [0.25, 0.3) is 0 Å². The lowest BCUT2D eigenvalue weighted by Gasteiger charge is -2.27. The third kappa shape index (κ3) is 4.49. The zero-order chi connectivity index (χ0) is 13.7. The highest BCUT2D eigenvalue weighted by Crippen LogP contribution is 2.30. The summed E-state index contributed by atoms with van der Waals surface area (Å²) in [4.78, 5) is 23.1. The van der Waals surface area contributed by atoms with Crippen LogP contribution in [0.3, 0.4) is 0 Å². The number of amides is 1. The van der Waals surface area contributed by atoms with Gasteiger partial charge >= 0.3 is 5.97 Å². The fourth-order valence-electron chi connectivity index (χ4n) is 2.65. The Labute approximate surface area is 113 Å². The number of carbonyl (C=O) groups excluding carboxylic acids is 1. The van der Waals surface area contributed by atoms with E-state index in [2.05, 4.69) is 5.32 Å². The Balaban J connectivity index is 1.66. The Kier molecular flexibility index (Phi) is 5.19. The van der Waals surface area contributed by atoms with Crippen molar-refractivity contribution in [2.75, 3.05) is 19.8 Å². The number of hydrogen-bond acceptors (Lipinski definition) is 3. The van der Waals surface area contributed by atoms with Crippen molar-refractivity contribution in [3.8, 4) is 0 Å². The van der Waals surface area contributed by atoms with Gasteiger partial charge in [0.05, 0.1) is 18.4 Å². The molecule has 2 atom stereocenters. The molecule has 0 bridgehead atoms. The van der Waals surface area contributed by atoms with Crippen molar-refractivity contribution in [3.05, 3.63) is 0 Å². The number of rotatable bonds is 7. The topological polar surface area (TPSA) is 75.6 Å². The number of carboxylic acids is 1. The predicted molar refractivity (Wildman–Crippen MR) is 69.6 cm³/mol. The molecule has 0 saturated heterocycles. The maximum atomic E-state index is 12.0. The summed E-state index contributed by atoms with van der Waals surface area (Å²) in [5, 5.41) is 11.9. The molecular formula is C14H23NO4. The summed E-state index contributed by atoms with van der Waals surface area (Å²) in [6.07, 6.45) is 5.67. The van der Waals surface area contributed by atoms with E-state index in [-0.39, 0.29) is 11.8 Å². The van der Waals surface area contributed by atoms with Gasteiger partial charge in [-0.2, -0.15) is 0 Å². The van der Waals surface area contributed by atoms with E-state index in [4.69, 9.17) is 9.84 Å². The summed E-state index contributed by atoms with van der Waals surface area (Å²) >= 11 is 0. The third-order valence-corrected chi connectivity index (χ3v) is 4.02. The van der Waals surface area contributed by atoms with Crippen LogP contribution in [0.5, 0.6) is 0 Å². The van der Waals surface area contributed by atoms with Crippen LogP contribution in [0.1, 0.15) is 38.5 Å². The Hall–Kier alpha value is -1.10. The van der Waals surface area contributed by atoms with Gasteiger partial charge in [-0.05, 0) is 31.6 Å². The highest BCUT2D eigenvalue weighted by Gasteiger charge is 2.35. The molecule has 0 radical (unpaired) electrons. The van der Waals surface area contributed by atoms with Gasteiger partial charge in [0, 0.05) is 13.2 Å². The largest absolute Gasteiger partial charge is 0.481 e. The van der Waals surface area contributed by atoms with Gasteiger partial charge in [-0.15, -0.1) is 0 Å². The number of nitrogens with one attached hydrogen (secondary N) is 1. The molecule has 2 aliphatic carbocycles. The molecular weight excluding hydrogens is 246 g/mol. The quantitative estimate of drug-likeness (QED) is 0.685. The lowest BCUT2D eigenvalue weighted by atomic mass is 9.79. The van der Waals surface area contributed by atoms with Gasteiger partial charge in [-0.3, -0.25) is 9.59 Å². The summed E-state index contributed by atoms with van der Waals surface area (Å²) in [7, 11) is 0. The van der Waals surface area contributed by atoms with E-state index in [0.717, 1.165) is 25.4 Å². The van der Waals surface area contributed by atoms with Gasteiger partial charge in [0.2, 0.25) is 5.91 Å². The molecule has 0 aliphatic heterocycles. The Bertz CT molecular complexity index is 327. The fraction of sp³-hybridized carbons (Fsp3) is 0.857. The molecule has 0 heterocycles. The number of ether oxygens (including phenoxy) is 1. The molecule has 2 fully saturated rings. The average molecular weight is 269 g/mol. The third-order valence-electron chi connectivity index (χ3n) is 4.02. The van der Waals surface area contributed by atoms with Crippen molar-refractivity contribution in [3.63, 3.8) is 0 Å². The number of carboxylic acid groups (broad SMARTS) is 1. The SMILES string of the molecule is O=C(O)[C@H]1CCCC[C@H]1C(=O)NCCOCC1CC1. The second-order valence-corrected chi connectivity index (χ2v) is 5.64. The number of aliphatic carboxylic acids is 1. The molecule has 5 nitrogen and oxygen atoms in total. The lowest BCUT2D eigenvalue weighted by Crippen LogP contribution is -2.40. The molecule has 0 aromatic carbocycles. The van der Waals surface area contributed by atoms with Crippen molar-refractivity contribution < 1.29 is 19.4 Å². The average Bonchev–Trinajstić information content (AvgIpc) is 3.22. The first-order chi connectivity index (χ1) is 9.18. The predicted octanol–water partition coefficient (Wildman–Crippen LogP) is 1.42. The van der Waals surface area contributed by atoms with Gasteiger partial charge in [0.15, 0.2) is 0 Å². The number of hydrogen-bond donors (Lipinski definition) is 2. The standard InChI is InChI=1S/C14H23NO4/c16-13(15-7-8-19-9-10-5-6-10)11-3-1-2-4-12(11)14(17)18/h10-12H,1-9H2,(H,15,16)(H,17,18)/t11-,12+/m1/s1. The van der Waals surface area contributed by atoms with Crippen LogP contribution >= 0.6 is 0 Å². The molecule has 1 amide bonds. The summed E-state index contributed by atoms with van der Waals surface area (Å²) in [5.41, 5.74) is 0. The van der Waals surface area contributed by atoms with E-state index in [1.54, 1.807) is 0 Å². The molecule has 0 unspecified atom stereocenters. The van der Waals surface area contributed by atoms with E-state index in [9.17, 15) is 9.59 Å². The van der Waals surface area contributed by atoms with Crippen molar-refractivity contribution in [2.24, 2.45) is 17.8 Å². The summed E-state index contributed by atoms with van der Waals surface area (Å²) in [6.45, 7) is 1.79. The first-order valence-electron chi connectivity index (χ1n) is 7.26. The van der Waals surface area contributed by atoms with Crippen LogP contribution in [-0.2, 0) is 14.3 Å². The second-order valence-electron chi connectivity index (χ2n) is 5.64. The van der Waals surface area contributed by atoms with E-state index in [1.165, 1.54) is 12.8 Å². The van der Waals surface area contributed by atoms with Gasteiger partial charge in [-0.1, -0.05) is 12.8 Å². The van der Waals surface area contributed by atoms with Gasteiger partial charge < -0.3 is 15.2 Å². The van der Waals surface area contributed by atoms with Crippen LogP contribution in [0.2, 0.25) is 0 Å². The highest BCUT2D eigenvalue weighted by atomic mass is 16.5. The first-order valence-corrected chi connectivity index (χ1v) is 7.26. The van der Waals surface area contributed by atoms with Gasteiger partial charge in [0.1, 0.15) is 0 Å². The maximum Gasteiger partial charge on any atom is 0.307 e. The Morgan fingerprint density at radius 3 is 2.42 bits per heavy atom. The molecule has 2 rings (SSSR count). The van der Waals surface area contributed by atoms with Crippen molar-refractivity contribution in [1.82, 2.24) is 5.32 Å². The van der Waals surface area contributed by atoms with E-state index >= 15 is 0 Å². The van der Waals surface area contributed by atoms with Crippen LogP contribution in [0.15, 0.2) is 0 Å². The second kappa shape index (κ2) is 6.89. The monoisotopic (exact) mass is 269 g/mol. The molecule has 0 spiro atoms. The molecule has 19 heavy (non-hydrogen) atoms. The van der Waals surface area contributed by atoms with Crippen LogP contribution < -0.4 is 5.32 Å². The zero-order valence-electron chi connectivity index (χ0n) is 11.3. The van der Waals surface area contributed by atoms with Gasteiger partial charge in [-0.25, -0.2) is 0 Å². The van der Waals surface area contributed by atoms with Crippen LogP contribution in [0, 0.1) is 17.8 Å². The summed E-state index contributed by atoms with van der Waals surface area (Å²) < 4.78 is 5.44. The van der Waals surface area contributed by atoms with E-state index < -0.39 is 11.9 Å². The molecule has 108 valence electrons. The van der Waals surface area contributed by atoms with Crippen molar-refractivity contribution in [1.29, 1.82) is 0 Å². The zero-order valence-corrected chi connectivity index (χ0v) is 11.3. The van der Waals surface area contributed by atoms with Crippen molar-refractivity contribution >= 4 is 11.9 Å². The molecule has 0 aromatic heterocycles. The van der Waals surface area contributed by atoms with Crippen molar-refractivity contribution in [2.45, 2.75) is 38.5 Å². The van der Waals surface area contributed by atoms with Crippen LogP contribution in [0.25, 0.3) is 0 Å². The van der Waals surface area contributed by atoms with Crippen LogP contribution in [0.4, 0.5) is 0 Å². The highest BCUT2D eigenvalue weighted by molar-refractivity contribution is 5.84. The van der Waals surface area contributed by atoms with E-state index in [1.807, 2.05) is 0 Å². The number of carbonyl (C=O) groups is 2. The van der Waals surface area contributed by atoms with E-state index in [0.29, 0.717) is 26.0 Å². The molecule has 2 aliphatic rings. The molecule has 5 heteroatoms. The fourth-order valence-corrected chi connectivity index (χ4v) is 2.65.